The first-order valence-electron chi connectivity index (χ1n) is 5.34. The van der Waals surface area contributed by atoms with E-state index >= 15 is 0 Å². The van der Waals surface area contributed by atoms with Crippen LogP contribution in [0.2, 0.25) is 0 Å². The Labute approximate surface area is 107 Å². The number of nitrogens with one attached hydrogen (secondary N) is 2. The SMILES string of the molecule is O=C1CCC(NC(=O)c2ccc(Br)nc2)CN1. The number of pyridine rings is 1. The van der Waals surface area contributed by atoms with Crippen LogP contribution in [0, 0.1) is 0 Å². The van der Waals surface area contributed by atoms with Crippen LogP contribution in [-0.4, -0.2) is 29.4 Å². The molecule has 2 N–H and O–H groups in total. The third-order valence-corrected chi connectivity index (χ3v) is 3.06. The highest BCUT2D eigenvalue weighted by Crippen LogP contribution is 2.08. The second-order valence-electron chi connectivity index (χ2n) is 3.88. The minimum Gasteiger partial charge on any atom is -0.354 e. The summed E-state index contributed by atoms with van der Waals surface area (Å²) in [5, 5.41) is 5.59. The number of piperidine rings is 1. The maximum absolute atomic E-state index is 11.8. The van der Waals surface area contributed by atoms with Crippen LogP contribution in [0.4, 0.5) is 0 Å². The molecule has 1 aromatic heterocycles. The van der Waals surface area contributed by atoms with Gasteiger partial charge in [0.15, 0.2) is 0 Å². The number of halogens is 1. The lowest BCUT2D eigenvalue weighted by Crippen LogP contribution is -2.47. The Hall–Kier alpha value is -1.43. The van der Waals surface area contributed by atoms with Crippen molar-refractivity contribution in [2.75, 3.05) is 6.54 Å². The van der Waals surface area contributed by atoms with Crippen molar-refractivity contribution in [3.63, 3.8) is 0 Å². The fourth-order valence-corrected chi connectivity index (χ4v) is 1.87. The molecule has 1 fully saturated rings. The van der Waals surface area contributed by atoms with E-state index in [2.05, 4.69) is 31.5 Å². The van der Waals surface area contributed by atoms with E-state index in [0.29, 0.717) is 29.6 Å². The quantitative estimate of drug-likeness (QED) is 0.795. The van der Waals surface area contributed by atoms with Crippen LogP contribution in [0.1, 0.15) is 23.2 Å². The Balaban J connectivity index is 1.93. The largest absolute Gasteiger partial charge is 0.354 e. The number of carbonyl (C=O) groups excluding carboxylic acids is 2. The van der Waals surface area contributed by atoms with Crippen molar-refractivity contribution in [1.29, 1.82) is 0 Å². The Morgan fingerprint density at radius 3 is 2.94 bits per heavy atom. The Bertz CT molecular complexity index is 423. The van der Waals surface area contributed by atoms with Crippen LogP contribution in [0.25, 0.3) is 0 Å². The first-order valence-corrected chi connectivity index (χ1v) is 6.13. The van der Waals surface area contributed by atoms with Crippen LogP contribution >= 0.6 is 15.9 Å². The number of nitrogens with zero attached hydrogens (tertiary/aromatic N) is 1. The molecule has 90 valence electrons. The minimum absolute atomic E-state index is 0.00356. The minimum atomic E-state index is -0.161. The van der Waals surface area contributed by atoms with E-state index in [1.54, 1.807) is 12.1 Å². The van der Waals surface area contributed by atoms with Gasteiger partial charge in [0.05, 0.1) is 5.56 Å². The van der Waals surface area contributed by atoms with Crippen molar-refractivity contribution in [2.45, 2.75) is 18.9 Å². The Kier molecular flexibility index (Phi) is 3.73. The molecule has 0 saturated carbocycles. The van der Waals surface area contributed by atoms with Crippen molar-refractivity contribution in [3.05, 3.63) is 28.5 Å². The zero-order valence-electron chi connectivity index (χ0n) is 9.07. The van der Waals surface area contributed by atoms with Crippen LogP contribution in [0.5, 0.6) is 0 Å². The average Bonchev–Trinajstić information content (AvgIpc) is 2.33. The molecule has 17 heavy (non-hydrogen) atoms. The number of aromatic nitrogens is 1. The van der Waals surface area contributed by atoms with Gasteiger partial charge in [0, 0.05) is 25.2 Å². The summed E-state index contributed by atoms with van der Waals surface area (Å²) in [5.74, 6) is -0.119. The lowest BCUT2D eigenvalue weighted by Gasteiger charge is -2.23. The smallest absolute Gasteiger partial charge is 0.253 e. The molecule has 1 saturated heterocycles. The summed E-state index contributed by atoms with van der Waals surface area (Å²) in [6.07, 6.45) is 2.66. The molecule has 1 aliphatic heterocycles. The van der Waals surface area contributed by atoms with Crippen LogP contribution < -0.4 is 10.6 Å². The van der Waals surface area contributed by atoms with Gasteiger partial charge in [0.1, 0.15) is 4.60 Å². The van der Waals surface area contributed by atoms with Gasteiger partial charge in [-0.15, -0.1) is 0 Å². The summed E-state index contributed by atoms with van der Waals surface area (Å²) in [7, 11) is 0. The third kappa shape index (κ3) is 3.26. The average molecular weight is 298 g/mol. The van der Waals surface area contributed by atoms with Crippen molar-refractivity contribution in [3.8, 4) is 0 Å². The van der Waals surface area contributed by atoms with Crippen molar-refractivity contribution >= 4 is 27.7 Å². The highest BCUT2D eigenvalue weighted by molar-refractivity contribution is 9.10. The third-order valence-electron chi connectivity index (χ3n) is 2.59. The topological polar surface area (TPSA) is 71.1 Å². The molecule has 0 radical (unpaired) electrons. The van der Waals surface area contributed by atoms with Gasteiger partial charge >= 0.3 is 0 Å². The molecule has 5 nitrogen and oxygen atoms in total. The summed E-state index contributed by atoms with van der Waals surface area (Å²) in [6, 6.07) is 3.43. The molecular formula is C11H12BrN3O2. The molecule has 0 aromatic carbocycles. The molecule has 0 spiro atoms. The highest BCUT2D eigenvalue weighted by atomic mass is 79.9. The maximum Gasteiger partial charge on any atom is 0.253 e. The van der Waals surface area contributed by atoms with E-state index in [1.165, 1.54) is 6.20 Å². The van der Waals surface area contributed by atoms with Gasteiger partial charge in [-0.2, -0.15) is 0 Å². The molecule has 2 amide bonds. The number of rotatable bonds is 2. The van der Waals surface area contributed by atoms with E-state index < -0.39 is 0 Å². The normalized spacial score (nSPS) is 19.6. The lowest BCUT2D eigenvalue weighted by molar-refractivity contribution is -0.122. The molecule has 1 atom stereocenters. The van der Waals surface area contributed by atoms with Gasteiger partial charge in [0.25, 0.3) is 5.91 Å². The van der Waals surface area contributed by atoms with E-state index in [4.69, 9.17) is 0 Å². The molecule has 2 rings (SSSR count). The first-order chi connectivity index (χ1) is 8.15. The van der Waals surface area contributed by atoms with E-state index in [-0.39, 0.29) is 17.9 Å². The van der Waals surface area contributed by atoms with E-state index in [1.807, 2.05) is 0 Å². The van der Waals surface area contributed by atoms with Gasteiger partial charge in [-0.3, -0.25) is 9.59 Å². The van der Waals surface area contributed by atoms with Crippen LogP contribution in [-0.2, 0) is 4.79 Å². The first kappa shape index (κ1) is 12.0. The molecule has 2 heterocycles. The lowest BCUT2D eigenvalue weighted by atomic mass is 10.1. The molecule has 1 aliphatic rings. The monoisotopic (exact) mass is 297 g/mol. The Morgan fingerprint density at radius 2 is 2.35 bits per heavy atom. The molecular weight excluding hydrogens is 286 g/mol. The van der Waals surface area contributed by atoms with Crippen molar-refractivity contribution in [2.24, 2.45) is 0 Å². The number of hydrogen-bond donors (Lipinski definition) is 2. The molecule has 6 heteroatoms. The van der Waals surface area contributed by atoms with Crippen molar-refractivity contribution < 1.29 is 9.59 Å². The second-order valence-corrected chi connectivity index (χ2v) is 4.70. The maximum atomic E-state index is 11.8. The standard InChI is InChI=1S/C11H12BrN3O2/c12-9-3-1-7(5-13-9)11(17)15-8-2-4-10(16)14-6-8/h1,3,5,8H,2,4,6H2,(H,14,16)(H,15,17). The zero-order valence-corrected chi connectivity index (χ0v) is 10.7. The van der Waals surface area contributed by atoms with Gasteiger partial charge in [-0.1, -0.05) is 0 Å². The van der Waals surface area contributed by atoms with Gasteiger partial charge in [-0.05, 0) is 34.5 Å². The van der Waals surface area contributed by atoms with Gasteiger partial charge < -0.3 is 10.6 Å². The van der Waals surface area contributed by atoms with Gasteiger partial charge in [-0.25, -0.2) is 4.98 Å². The molecule has 0 aliphatic carbocycles. The van der Waals surface area contributed by atoms with E-state index in [9.17, 15) is 9.59 Å². The molecule has 0 bridgehead atoms. The second kappa shape index (κ2) is 5.27. The summed E-state index contributed by atoms with van der Waals surface area (Å²) in [5.41, 5.74) is 0.519. The van der Waals surface area contributed by atoms with Crippen LogP contribution in [0.3, 0.4) is 0 Å². The summed E-state index contributed by atoms with van der Waals surface area (Å²) in [4.78, 5) is 26.8. The molecule has 1 unspecified atom stereocenters. The Morgan fingerprint density at radius 1 is 1.53 bits per heavy atom. The highest BCUT2D eigenvalue weighted by Gasteiger charge is 2.20. The molecule has 1 aromatic rings. The fraction of sp³-hybridized carbons (Fsp3) is 0.364. The summed E-state index contributed by atoms with van der Waals surface area (Å²) in [6.45, 7) is 0.495. The predicted octanol–water partition coefficient (Wildman–Crippen LogP) is 0.853. The number of hydrogen-bond acceptors (Lipinski definition) is 3. The predicted molar refractivity (Wildman–Crippen MR) is 65.4 cm³/mol. The van der Waals surface area contributed by atoms with Gasteiger partial charge in [0.2, 0.25) is 5.91 Å². The fourth-order valence-electron chi connectivity index (χ4n) is 1.63. The number of carbonyl (C=O) groups is 2. The van der Waals surface area contributed by atoms with Crippen molar-refractivity contribution in [1.82, 2.24) is 15.6 Å². The number of amides is 2. The van der Waals surface area contributed by atoms with E-state index in [0.717, 1.165) is 0 Å². The zero-order chi connectivity index (χ0) is 12.3. The summed E-state index contributed by atoms with van der Waals surface area (Å²) < 4.78 is 0.693. The van der Waals surface area contributed by atoms with Crippen LogP contribution in [0.15, 0.2) is 22.9 Å². The summed E-state index contributed by atoms with van der Waals surface area (Å²) >= 11 is 3.21.